The summed E-state index contributed by atoms with van der Waals surface area (Å²) in [5.41, 5.74) is -0.531. The van der Waals surface area contributed by atoms with E-state index in [2.05, 4.69) is 10.6 Å². The molecule has 6 heteroatoms. The lowest BCUT2D eigenvalue weighted by molar-refractivity contribution is -0.139. The summed E-state index contributed by atoms with van der Waals surface area (Å²) >= 11 is 0. The maximum absolute atomic E-state index is 11.8. The van der Waals surface area contributed by atoms with Gasteiger partial charge in [0.25, 0.3) is 0 Å². The van der Waals surface area contributed by atoms with Crippen molar-refractivity contribution >= 4 is 11.9 Å². The molecule has 3 N–H and O–H groups in total. The Hall–Kier alpha value is -1.40. The highest BCUT2D eigenvalue weighted by atomic mass is 16.5. The summed E-state index contributed by atoms with van der Waals surface area (Å²) < 4.78 is 5.81. The van der Waals surface area contributed by atoms with Crippen molar-refractivity contribution in [2.24, 2.45) is 5.92 Å². The fraction of sp³-hybridized carbons (Fsp3) is 0.765. The molecule has 1 saturated heterocycles. The van der Waals surface area contributed by atoms with Crippen LogP contribution in [0.5, 0.6) is 0 Å². The number of carboxylic acid groups (broad SMARTS) is 1. The van der Waals surface area contributed by atoms with Crippen LogP contribution in [-0.4, -0.2) is 47.8 Å². The van der Waals surface area contributed by atoms with Crippen molar-refractivity contribution in [2.45, 2.75) is 70.7 Å². The van der Waals surface area contributed by atoms with Crippen LogP contribution in [0.4, 0.5) is 0 Å². The molecule has 1 amide bonds. The molecule has 1 aliphatic heterocycles. The van der Waals surface area contributed by atoms with E-state index in [0.29, 0.717) is 6.42 Å². The minimum atomic E-state index is -0.861. The lowest BCUT2D eigenvalue weighted by Gasteiger charge is -2.43. The fourth-order valence-electron chi connectivity index (χ4n) is 3.68. The van der Waals surface area contributed by atoms with Gasteiger partial charge in [-0.2, -0.15) is 0 Å². The molecule has 0 aromatic rings. The van der Waals surface area contributed by atoms with Crippen LogP contribution < -0.4 is 10.6 Å². The first kappa shape index (κ1) is 19.6. The number of aliphatic carboxylic acids is 1. The summed E-state index contributed by atoms with van der Waals surface area (Å²) in [6.07, 6.45) is 5.91. The molecular formula is C17H30N2O4. The molecule has 0 saturated carbocycles. The Labute approximate surface area is 138 Å². The van der Waals surface area contributed by atoms with E-state index in [-0.39, 0.29) is 23.9 Å². The predicted octanol–water partition coefficient (Wildman–Crippen LogP) is 1.70. The van der Waals surface area contributed by atoms with E-state index in [0.717, 1.165) is 12.8 Å². The third-order valence-corrected chi connectivity index (χ3v) is 4.99. The molecule has 0 aromatic heterocycles. The van der Waals surface area contributed by atoms with Crippen molar-refractivity contribution < 1.29 is 19.4 Å². The number of methoxy groups -OCH3 is 1. The fourth-order valence-corrected chi connectivity index (χ4v) is 3.68. The molecule has 0 bridgehead atoms. The number of nitrogens with one attached hydrogen (secondary N) is 2. The molecule has 132 valence electrons. The summed E-state index contributed by atoms with van der Waals surface area (Å²) in [5.74, 6) is -0.969. The van der Waals surface area contributed by atoms with E-state index in [1.807, 2.05) is 32.9 Å². The number of carbonyl (C=O) groups excluding carboxylic acids is 1. The van der Waals surface area contributed by atoms with E-state index in [4.69, 9.17) is 4.74 Å². The van der Waals surface area contributed by atoms with Gasteiger partial charge in [0.1, 0.15) is 6.04 Å². The quantitative estimate of drug-likeness (QED) is 0.591. The first-order valence-corrected chi connectivity index (χ1v) is 8.29. The lowest BCUT2D eigenvalue weighted by atomic mass is 9.79. The topological polar surface area (TPSA) is 87.7 Å². The average molecular weight is 326 g/mol. The first-order valence-electron chi connectivity index (χ1n) is 8.29. The van der Waals surface area contributed by atoms with Crippen LogP contribution in [0.25, 0.3) is 0 Å². The Morgan fingerprint density at radius 1 is 1.43 bits per heavy atom. The number of ether oxygens (including phenoxy) is 1. The van der Waals surface area contributed by atoms with E-state index in [1.54, 1.807) is 7.11 Å². The van der Waals surface area contributed by atoms with E-state index < -0.39 is 17.6 Å². The monoisotopic (exact) mass is 326 g/mol. The second-order valence-corrected chi connectivity index (χ2v) is 6.16. The third-order valence-electron chi connectivity index (χ3n) is 4.99. The van der Waals surface area contributed by atoms with Crippen LogP contribution in [0.1, 0.15) is 47.0 Å². The maximum Gasteiger partial charge on any atom is 0.320 e. The summed E-state index contributed by atoms with van der Waals surface area (Å²) in [4.78, 5) is 23.2. The summed E-state index contributed by atoms with van der Waals surface area (Å²) in [7, 11) is 1.65. The minimum Gasteiger partial charge on any atom is -0.480 e. The van der Waals surface area contributed by atoms with Crippen molar-refractivity contribution in [1.82, 2.24) is 10.6 Å². The normalized spacial score (nSPS) is 26.4. The number of carboxylic acids is 1. The average Bonchev–Trinajstić information content (AvgIpc) is 2.92. The summed E-state index contributed by atoms with van der Waals surface area (Å²) in [6.45, 7) is 7.45. The number of amides is 1. The van der Waals surface area contributed by atoms with Gasteiger partial charge in [-0.25, -0.2) is 0 Å². The molecule has 6 nitrogen and oxygen atoms in total. The van der Waals surface area contributed by atoms with Gasteiger partial charge in [0.2, 0.25) is 5.91 Å². The van der Waals surface area contributed by atoms with Gasteiger partial charge in [0.05, 0.1) is 11.6 Å². The van der Waals surface area contributed by atoms with Crippen LogP contribution in [0, 0.1) is 5.92 Å². The number of allylic oxidation sites excluding steroid dienone is 1. The van der Waals surface area contributed by atoms with Gasteiger partial charge in [-0.15, -0.1) is 0 Å². The highest BCUT2D eigenvalue weighted by Crippen LogP contribution is 2.34. The first-order chi connectivity index (χ1) is 10.8. The molecule has 0 aliphatic carbocycles. The molecular weight excluding hydrogens is 296 g/mol. The van der Waals surface area contributed by atoms with Crippen LogP contribution in [0.3, 0.4) is 0 Å². The van der Waals surface area contributed by atoms with E-state index >= 15 is 0 Å². The maximum atomic E-state index is 11.8. The second-order valence-electron chi connectivity index (χ2n) is 6.16. The number of hydrogen-bond acceptors (Lipinski definition) is 4. The van der Waals surface area contributed by atoms with Crippen LogP contribution >= 0.6 is 0 Å². The lowest BCUT2D eigenvalue weighted by Crippen LogP contribution is -2.63. The number of carbonyl (C=O) groups is 2. The molecule has 1 rings (SSSR count). The van der Waals surface area contributed by atoms with Gasteiger partial charge in [-0.1, -0.05) is 26.0 Å². The Morgan fingerprint density at radius 2 is 2.04 bits per heavy atom. The van der Waals surface area contributed by atoms with Gasteiger partial charge >= 0.3 is 5.97 Å². The van der Waals surface area contributed by atoms with Crippen molar-refractivity contribution in [3.63, 3.8) is 0 Å². The summed E-state index contributed by atoms with van der Waals surface area (Å²) in [6, 6.07) is -1.10. The van der Waals surface area contributed by atoms with Gasteiger partial charge in [-0.05, 0) is 32.1 Å². The molecule has 0 radical (unpaired) electrons. The molecule has 0 unspecified atom stereocenters. The van der Waals surface area contributed by atoms with Crippen molar-refractivity contribution in [1.29, 1.82) is 0 Å². The minimum absolute atomic E-state index is 0.0329. The van der Waals surface area contributed by atoms with Gasteiger partial charge in [0, 0.05) is 20.1 Å². The zero-order valence-corrected chi connectivity index (χ0v) is 14.8. The predicted molar refractivity (Wildman–Crippen MR) is 89.2 cm³/mol. The SMILES string of the molecule is C/C=C\[C@@H]1C[C@H](C(=O)O)N[C@H]1[C@@H](NC(C)=O)C(CC)(CC)OC. The molecule has 4 atom stereocenters. The van der Waals surface area contributed by atoms with E-state index in [9.17, 15) is 14.7 Å². The molecule has 1 aliphatic rings. The molecule has 0 spiro atoms. The Morgan fingerprint density at radius 3 is 2.43 bits per heavy atom. The van der Waals surface area contributed by atoms with Gasteiger partial charge < -0.3 is 15.2 Å². The largest absolute Gasteiger partial charge is 0.480 e. The number of hydrogen-bond donors (Lipinski definition) is 3. The van der Waals surface area contributed by atoms with Crippen LogP contribution in [0.15, 0.2) is 12.2 Å². The van der Waals surface area contributed by atoms with Gasteiger partial charge in [0.15, 0.2) is 0 Å². The van der Waals surface area contributed by atoms with Crippen LogP contribution in [0.2, 0.25) is 0 Å². The van der Waals surface area contributed by atoms with Crippen molar-refractivity contribution in [2.75, 3.05) is 7.11 Å². The van der Waals surface area contributed by atoms with Crippen molar-refractivity contribution in [3.8, 4) is 0 Å². The standard InChI is InChI=1S/C17H30N2O4/c1-6-9-12-10-13(16(21)22)19-14(12)15(18-11(4)20)17(7-2,8-3)23-5/h6,9,12-15,19H,7-8,10H2,1-5H3,(H,18,20)(H,21,22)/b9-6-/t12-,13-,14-,15-/m1/s1. The Balaban J connectivity index is 3.22. The summed E-state index contributed by atoms with van der Waals surface area (Å²) in [5, 5.41) is 15.6. The molecule has 1 heterocycles. The zero-order valence-electron chi connectivity index (χ0n) is 14.8. The zero-order chi connectivity index (χ0) is 17.6. The molecule has 1 fully saturated rings. The third kappa shape index (κ3) is 4.32. The highest BCUT2D eigenvalue weighted by Gasteiger charge is 2.48. The van der Waals surface area contributed by atoms with Gasteiger partial charge in [-0.3, -0.25) is 14.9 Å². The number of rotatable bonds is 8. The van der Waals surface area contributed by atoms with Crippen molar-refractivity contribution in [3.05, 3.63) is 12.2 Å². The molecule has 0 aromatic carbocycles. The molecule has 23 heavy (non-hydrogen) atoms. The Kier molecular flexibility index (Phi) is 7.22. The van der Waals surface area contributed by atoms with E-state index in [1.165, 1.54) is 6.92 Å². The Bertz CT molecular complexity index is 438. The highest BCUT2D eigenvalue weighted by molar-refractivity contribution is 5.75. The van der Waals surface area contributed by atoms with Crippen LogP contribution in [-0.2, 0) is 14.3 Å². The second kappa shape index (κ2) is 8.45. The smallest absolute Gasteiger partial charge is 0.320 e.